The topological polar surface area (TPSA) is 41.6 Å². The van der Waals surface area contributed by atoms with Crippen molar-refractivity contribution >= 4 is 5.91 Å². The summed E-state index contributed by atoms with van der Waals surface area (Å²) in [7, 11) is 0. The summed E-state index contributed by atoms with van der Waals surface area (Å²) < 4.78 is 32.9. The maximum absolute atomic E-state index is 14.0. The van der Waals surface area contributed by atoms with Gasteiger partial charge in [-0.25, -0.2) is 8.78 Å². The number of nitrogens with one attached hydrogen (secondary N) is 1. The Kier molecular flexibility index (Phi) is 2.97. The second-order valence-corrected chi connectivity index (χ2v) is 5.93. The summed E-state index contributed by atoms with van der Waals surface area (Å²) >= 11 is 0. The first-order valence-electron chi connectivity index (χ1n) is 7.28. The number of halogens is 2. The Morgan fingerprint density at radius 1 is 1.29 bits per heavy atom. The molecule has 3 fully saturated rings. The largest absolute Gasteiger partial charge is 0.373 e. The number of nitrogens with zero attached hydrogens (tertiary/aromatic N) is 1. The van der Waals surface area contributed by atoms with Crippen molar-refractivity contribution in [3.05, 3.63) is 35.4 Å². The van der Waals surface area contributed by atoms with Crippen molar-refractivity contribution in [2.75, 3.05) is 6.54 Å². The molecule has 0 aromatic heterocycles. The Balaban J connectivity index is 1.66. The second-order valence-electron chi connectivity index (χ2n) is 5.93. The molecule has 1 amide bonds. The predicted octanol–water partition coefficient (Wildman–Crippen LogP) is 1.72. The number of rotatable bonds is 2. The smallest absolute Gasteiger partial charge is 0.238 e. The van der Waals surface area contributed by atoms with Crippen molar-refractivity contribution < 1.29 is 18.3 Å². The number of amides is 1. The van der Waals surface area contributed by atoms with Crippen molar-refractivity contribution in [1.82, 2.24) is 10.2 Å². The second kappa shape index (κ2) is 4.74. The molecule has 4 atom stereocenters. The lowest BCUT2D eigenvalue weighted by Gasteiger charge is -2.34. The molecule has 112 valence electrons. The third kappa shape index (κ3) is 2.05. The minimum atomic E-state index is -0.628. The predicted molar refractivity (Wildman–Crippen MR) is 70.2 cm³/mol. The van der Waals surface area contributed by atoms with E-state index in [4.69, 9.17) is 4.74 Å². The van der Waals surface area contributed by atoms with Crippen molar-refractivity contribution in [1.29, 1.82) is 0 Å². The van der Waals surface area contributed by atoms with Gasteiger partial charge >= 0.3 is 0 Å². The lowest BCUT2D eigenvalue weighted by atomic mass is 9.93. The number of hydrogen-bond acceptors (Lipinski definition) is 3. The first-order chi connectivity index (χ1) is 10.1. The molecule has 4 rings (SSSR count). The molecule has 3 saturated heterocycles. The highest BCUT2D eigenvalue weighted by Crippen LogP contribution is 2.41. The third-order valence-electron chi connectivity index (χ3n) is 4.70. The van der Waals surface area contributed by atoms with E-state index in [9.17, 15) is 13.6 Å². The molecule has 0 radical (unpaired) electrons. The van der Waals surface area contributed by atoms with Gasteiger partial charge in [0.2, 0.25) is 5.91 Å². The van der Waals surface area contributed by atoms with E-state index in [0.717, 1.165) is 25.3 Å². The van der Waals surface area contributed by atoms with Crippen LogP contribution in [0, 0.1) is 11.6 Å². The van der Waals surface area contributed by atoms with Crippen LogP contribution >= 0.6 is 0 Å². The van der Waals surface area contributed by atoms with Crippen LogP contribution in [-0.4, -0.2) is 35.6 Å². The Morgan fingerprint density at radius 2 is 2.14 bits per heavy atom. The van der Waals surface area contributed by atoms with Crippen LogP contribution in [0.1, 0.15) is 31.0 Å². The van der Waals surface area contributed by atoms with Gasteiger partial charge in [-0.1, -0.05) is 0 Å². The fourth-order valence-electron chi connectivity index (χ4n) is 3.78. The summed E-state index contributed by atoms with van der Waals surface area (Å²) in [5, 5.41) is 3.03. The molecule has 1 N–H and O–H groups in total. The molecule has 1 aromatic rings. The molecule has 0 aliphatic carbocycles. The lowest BCUT2D eigenvalue weighted by molar-refractivity contribution is -0.131. The quantitative estimate of drug-likeness (QED) is 0.903. The third-order valence-corrected chi connectivity index (χ3v) is 4.70. The van der Waals surface area contributed by atoms with Crippen LogP contribution in [0.3, 0.4) is 0 Å². The maximum Gasteiger partial charge on any atom is 0.238 e. The number of ether oxygens (including phenoxy) is 1. The van der Waals surface area contributed by atoms with Crippen LogP contribution in [0.5, 0.6) is 0 Å². The molecule has 0 spiro atoms. The van der Waals surface area contributed by atoms with Gasteiger partial charge in [-0.05, 0) is 31.4 Å². The molecular weight excluding hydrogens is 278 g/mol. The number of carbonyl (C=O) groups is 1. The Morgan fingerprint density at radius 3 is 2.81 bits per heavy atom. The first-order valence-corrected chi connectivity index (χ1v) is 7.28. The van der Waals surface area contributed by atoms with Crippen molar-refractivity contribution in [3.63, 3.8) is 0 Å². The van der Waals surface area contributed by atoms with Crippen LogP contribution in [0.15, 0.2) is 18.2 Å². The maximum atomic E-state index is 14.0. The van der Waals surface area contributed by atoms with Crippen LogP contribution in [-0.2, 0) is 9.53 Å². The molecular formula is C15H16F2N2O2. The summed E-state index contributed by atoms with van der Waals surface area (Å²) in [5.41, 5.74) is 0.310. The summed E-state index contributed by atoms with van der Waals surface area (Å²) in [6.07, 6.45) is 2.50. The number of benzene rings is 1. The highest BCUT2D eigenvalue weighted by Gasteiger charge is 2.49. The van der Waals surface area contributed by atoms with E-state index in [2.05, 4.69) is 5.32 Å². The summed E-state index contributed by atoms with van der Waals surface area (Å²) in [4.78, 5) is 13.9. The molecule has 6 heteroatoms. The fraction of sp³-hybridized carbons (Fsp3) is 0.533. The monoisotopic (exact) mass is 294 g/mol. The summed E-state index contributed by atoms with van der Waals surface area (Å²) in [6.45, 7) is 0.176. The van der Waals surface area contributed by atoms with Gasteiger partial charge in [-0.2, -0.15) is 0 Å². The van der Waals surface area contributed by atoms with Gasteiger partial charge in [0.25, 0.3) is 0 Å². The fourth-order valence-corrected chi connectivity index (χ4v) is 3.78. The van der Waals surface area contributed by atoms with Crippen LogP contribution in [0.25, 0.3) is 0 Å². The zero-order valence-electron chi connectivity index (χ0n) is 11.4. The molecule has 2 bridgehead atoms. The van der Waals surface area contributed by atoms with Crippen LogP contribution in [0.4, 0.5) is 8.78 Å². The van der Waals surface area contributed by atoms with E-state index in [-0.39, 0.29) is 30.7 Å². The van der Waals surface area contributed by atoms with Gasteiger partial charge < -0.3 is 9.64 Å². The molecule has 4 nitrogen and oxygen atoms in total. The molecule has 0 saturated carbocycles. The number of carbonyl (C=O) groups excluding carboxylic acids is 1. The normalized spacial score (nSPS) is 35.0. The summed E-state index contributed by atoms with van der Waals surface area (Å²) in [6, 6.07) is 3.47. The molecule has 3 heterocycles. The van der Waals surface area contributed by atoms with E-state index >= 15 is 0 Å². The highest BCUT2D eigenvalue weighted by atomic mass is 19.1. The molecule has 3 aliphatic rings. The van der Waals surface area contributed by atoms with E-state index in [1.165, 1.54) is 12.1 Å². The zero-order chi connectivity index (χ0) is 14.6. The van der Waals surface area contributed by atoms with Gasteiger partial charge in [0.1, 0.15) is 17.8 Å². The number of hydrogen-bond donors (Lipinski definition) is 1. The van der Waals surface area contributed by atoms with E-state index in [0.29, 0.717) is 5.56 Å². The van der Waals surface area contributed by atoms with Crippen molar-refractivity contribution in [3.8, 4) is 0 Å². The standard InChI is InChI=1S/C15H16F2N2O2/c16-8-1-3-10(11(17)5-8)15-18-7-14(20)19(15)12-6-9-2-4-13(12)21-9/h1,3,5,9,12-13,15,18H,2,4,6-7H2. The lowest BCUT2D eigenvalue weighted by Crippen LogP contribution is -2.45. The van der Waals surface area contributed by atoms with Crippen molar-refractivity contribution in [2.45, 2.75) is 43.7 Å². The molecule has 21 heavy (non-hydrogen) atoms. The molecule has 1 aromatic carbocycles. The van der Waals surface area contributed by atoms with Gasteiger partial charge in [0.15, 0.2) is 0 Å². The van der Waals surface area contributed by atoms with Gasteiger partial charge in [0.05, 0.1) is 24.8 Å². The Labute approximate surface area is 121 Å². The van der Waals surface area contributed by atoms with Crippen LogP contribution in [0.2, 0.25) is 0 Å². The van der Waals surface area contributed by atoms with Gasteiger partial charge in [0, 0.05) is 11.6 Å². The zero-order valence-corrected chi connectivity index (χ0v) is 11.4. The van der Waals surface area contributed by atoms with E-state index < -0.39 is 17.8 Å². The van der Waals surface area contributed by atoms with E-state index in [1.807, 2.05) is 0 Å². The molecule has 4 unspecified atom stereocenters. The average Bonchev–Trinajstić information content (AvgIpc) is 3.13. The minimum absolute atomic E-state index is 0.0132. The number of fused-ring (bicyclic) bond motifs is 2. The minimum Gasteiger partial charge on any atom is -0.373 e. The van der Waals surface area contributed by atoms with Gasteiger partial charge in [-0.15, -0.1) is 0 Å². The summed E-state index contributed by atoms with van der Waals surface area (Å²) in [5.74, 6) is -1.29. The highest BCUT2D eigenvalue weighted by molar-refractivity contribution is 5.81. The molecule has 3 aliphatic heterocycles. The van der Waals surface area contributed by atoms with Crippen molar-refractivity contribution in [2.24, 2.45) is 0 Å². The SMILES string of the molecule is O=C1CNC(c2ccc(F)cc2F)N1C1CC2CCC1O2. The Hall–Kier alpha value is -1.53. The Bertz CT molecular complexity index is 595. The van der Waals surface area contributed by atoms with Gasteiger partial charge in [-0.3, -0.25) is 10.1 Å². The average molecular weight is 294 g/mol. The van der Waals surface area contributed by atoms with E-state index in [1.54, 1.807) is 4.90 Å². The van der Waals surface area contributed by atoms with Crippen LogP contribution < -0.4 is 5.32 Å². The first kappa shape index (κ1) is 13.2.